The van der Waals surface area contributed by atoms with Gasteiger partial charge in [-0.25, -0.2) is 8.42 Å². The highest BCUT2D eigenvalue weighted by Crippen LogP contribution is 2.64. The van der Waals surface area contributed by atoms with E-state index in [1.54, 1.807) is 0 Å². The van der Waals surface area contributed by atoms with Crippen molar-refractivity contribution >= 4 is 9.84 Å². The minimum Gasteiger partial charge on any atom is -0.300 e. The van der Waals surface area contributed by atoms with Crippen LogP contribution in [-0.2, 0) is 16.0 Å². The smallest absolute Gasteiger partial charge is 0.300 e. The Morgan fingerprint density at radius 2 is 1.85 bits per heavy atom. The summed E-state index contributed by atoms with van der Waals surface area (Å²) in [5.41, 5.74) is 1.53. The van der Waals surface area contributed by atoms with E-state index in [4.69, 9.17) is 5.10 Å². The molecule has 0 aromatic carbocycles. The molecule has 2 aliphatic heterocycles. The molecule has 6 nitrogen and oxygen atoms in total. The highest BCUT2D eigenvalue weighted by Gasteiger charge is 2.60. The molecule has 4 aliphatic rings. The van der Waals surface area contributed by atoms with Crippen LogP contribution in [0.5, 0.6) is 0 Å². The first kappa shape index (κ1) is 22.5. The summed E-state index contributed by atoms with van der Waals surface area (Å²) in [4.78, 5) is 6.12. The van der Waals surface area contributed by atoms with E-state index in [9.17, 15) is 21.6 Å². The number of halogens is 3. The zero-order valence-corrected chi connectivity index (χ0v) is 20.1. The lowest BCUT2D eigenvalue weighted by molar-refractivity contribution is -0.141. The molecule has 4 heterocycles. The Hall–Kier alpha value is -1.94. The number of pyridine rings is 1. The van der Waals surface area contributed by atoms with E-state index in [-0.39, 0.29) is 11.5 Å². The fraction of sp³-hybridized carbons (Fsp3) is 0.667. The van der Waals surface area contributed by atoms with Crippen LogP contribution in [-0.4, -0.2) is 58.7 Å². The number of sulfone groups is 1. The number of aromatic nitrogens is 3. The average molecular weight is 495 g/mol. The molecule has 4 atom stereocenters. The fourth-order valence-corrected chi connectivity index (χ4v) is 9.14. The highest BCUT2D eigenvalue weighted by atomic mass is 32.2. The van der Waals surface area contributed by atoms with E-state index in [1.165, 1.54) is 18.0 Å². The van der Waals surface area contributed by atoms with E-state index < -0.39 is 21.7 Å². The Morgan fingerprint density at radius 3 is 2.41 bits per heavy atom. The first-order valence-electron chi connectivity index (χ1n) is 12.0. The van der Waals surface area contributed by atoms with Gasteiger partial charge in [0.2, 0.25) is 0 Å². The van der Waals surface area contributed by atoms with Crippen LogP contribution in [0.15, 0.2) is 24.4 Å². The van der Waals surface area contributed by atoms with Gasteiger partial charge in [-0.1, -0.05) is 0 Å². The van der Waals surface area contributed by atoms with E-state index in [0.717, 1.165) is 38.4 Å². The van der Waals surface area contributed by atoms with E-state index in [1.807, 2.05) is 10.7 Å². The quantitative estimate of drug-likeness (QED) is 0.639. The summed E-state index contributed by atoms with van der Waals surface area (Å²) in [7, 11) is -2.81. The molecule has 6 rings (SSSR count). The van der Waals surface area contributed by atoms with E-state index in [0.29, 0.717) is 46.6 Å². The lowest BCUT2D eigenvalue weighted by Crippen LogP contribution is -2.50. The first-order chi connectivity index (χ1) is 15.9. The lowest BCUT2D eigenvalue weighted by atomic mass is 9.91. The Labute approximate surface area is 197 Å². The third kappa shape index (κ3) is 3.68. The third-order valence-electron chi connectivity index (χ3n) is 8.40. The topological polar surface area (TPSA) is 68.1 Å². The van der Waals surface area contributed by atoms with Gasteiger partial charge in [0.15, 0.2) is 9.84 Å². The number of likely N-dealkylation sites (tertiary alicyclic amines) is 1. The van der Waals surface area contributed by atoms with Crippen molar-refractivity contribution in [3.05, 3.63) is 35.8 Å². The van der Waals surface area contributed by atoms with Gasteiger partial charge in [0.05, 0.1) is 17.2 Å². The molecule has 10 heteroatoms. The maximum absolute atomic E-state index is 12.9. The van der Waals surface area contributed by atoms with Crippen molar-refractivity contribution in [1.82, 2.24) is 19.7 Å². The molecule has 0 unspecified atom stereocenters. The minimum atomic E-state index is -4.45. The van der Waals surface area contributed by atoms with Crippen LogP contribution in [0, 0.1) is 17.3 Å². The first-order valence-corrected chi connectivity index (χ1v) is 13.8. The molecule has 0 bridgehead atoms. The summed E-state index contributed by atoms with van der Waals surface area (Å²) >= 11 is 0. The molecule has 0 N–H and O–H groups in total. The average Bonchev–Trinajstić information content (AvgIpc) is 3.18. The van der Waals surface area contributed by atoms with Crippen LogP contribution in [0.2, 0.25) is 0 Å². The van der Waals surface area contributed by atoms with Crippen molar-refractivity contribution in [3.63, 3.8) is 0 Å². The number of hydrogen-bond acceptors (Lipinski definition) is 5. The van der Waals surface area contributed by atoms with Crippen LogP contribution in [0.1, 0.15) is 56.5 Å². The van der Waals surface area contributed by atoms with Gasteiger partial charge >= 0.3 is 6.18 Å². The molecule has 2 aliphatic carbocycles. The van der Waals surface area contributed by atoms with Gasteiger partial charge in [0.25, 0.3) is 0 Å². The van der Waals surface area contributed by atoms with Crippen LogP contribution in [0.3, 0.4) is 0 Å². The summed E-state index contributed by atoms with van der Waals surface area (Å²) in [6, 6.07) is 5.17. The summed E-state index contributed by atoms with van der Waals surface area (Å²) in [5, 5.41) is 4.74. The van der Waals surface area contributed by atoms with Gasteiger partial charge in [0.1, 0.15) is 5.69 Å². The Balaban J connectivity index is 1.15. The highest BCUT2D eigenvalue weighted by molar-refractivity contribution is 7.92. The van der Waals surface area contributed by atoms with Crippen molar-refractivity contribution < 1.29 is 21.6 Å². The molecule has 2 saturated heterocycles. The zero-order chi connectivity index (χ0) is 24.0. The van der Waals surface area contributed by atoms with Gasteiger partial charge in [-0.3, -0.25) is 14.6 Å². The van der Waals surface area contributed by atoms with Crippen molar-refractivity contribution in [2.45, 2.75) is 57.3 Å². The molecule has 1 spiro atoms. The van der Waals surface area contributed by atoms with Crippen molar-refractivity contribution in [3.8, 4) is 11.3 Å². The van der Waals surface area contributed by atoms with E-state index >= 15 is 0 Å². The molecule has 0 radical (unpaired) electrons. The molecular formula is C24H29F3N4O2S. The summed E-state index contributed by atoms with van der Waals surface area (Å²) in [6.45, 7) is 6.06. The third-order valence-corrected chi connectivity index (χ3v) is 10.5. The van der Waals surface area contributed by atoms with Crippen LogP contribution >= 0.6 is 0 Å². The predicted molar refractivity (Wildman–Crippen MR) is 121 cm³/mol. The second kappa shape index (κ2) is 7.29. The van der Waals surface area contributed by atoms with Gasteiger partial charge in [-0.15, -0.1) is 0 Å². The summed E-state index contributed by atoms with van der Waals surface area (Å²) < 4.78 is 64.1. The van der Waals surface area contributed by atoms with Gasteiger partial charge in [-0.05, 0) is 69.7 Å². The van der Waals surface area contributed by atoms with Gasteiger partial charge in [0, 0.05) is 47.4 Å². The number of rotatable bonds is 4. The zero-order valence-electron chi connectivity index (χ0n) is 19.3. The molecule has 34 heavy (non-hydrogen) atoms. The van der Waals surface area contributed by atoms with Gasteiger partial charge < -0.3 is 0 Å². The van der Waals surface area contributed by atoms with Crippen molar-refractivity contribution in [2.75, 3.05) is 24.6 Å². The SMILES string of the molecule is CC(C)n1nc(-c2ccc(C(F)(F)F)nc2)cc1[C@H]1[C@@H]2C[C@@H](N3CCC4(C3)CS(=O)(=O)C4)C[C@@H]21. The maximum Gasteiger partial charge on any atom is 0.433 e. The number of hydrogen-bond donors (Lipinski definition) is 0. The monoisotopic (exact) mass is 494 g/mol. The van der Waals surface area contributed by atoms with Crippen molar-refractivity contribution in [2.24, 2.45) is 17.3 Å². The molecule has 2 aromatic heterocycles. The molecule has 184 valence electrons. The van der Waals surface area contributed by atoms with Crippen molar-refractivity contribution in [1.29, 1.82) is 0 Å². The number of nitrogens with zero attached hydrogens (tertiary/aromatic N) is 4. The normalized spacial score (nSPS) is 31.7. The summed E-state index contributed by atoms with van der Waals surface area (Å²) in [6.07, 6.45) is 0.0431. The Bertz CT molecular complexity index is 1200. The van der Waals surface area contributed by atoms with Gasteiger partial charge in [-0.2, -0.15) is 18.3 Å². The molecule has 2 aromatic rings. The van der Waals surface area contributed by atoms with Crippen LogP contribution in [0.4, 0.5) is 13.2 Å². The second-order valence-corrected chi connectivity index (χ2v) is 13.2. The number of fused-ring (bicyclic) bond motifs is 1. The second-order valence-electron chi connectivity index (χ2n) is 11.2. The molecular weight excluding hydrogens is 465 g/mol. The minimum absolute atomic E-state index is 0.00583. The van der Waals surface area contributed by atoms with Crippen LogP contribution < -0.4 is 0 Å². The molecule has 2 saturated carbocycles. The fourth-order valence-electron chi connectivity index (χ4n) is 6.88. The Kier molecular flexibility index (Phi) is 4.83. The molecule has 4 fully saturated rings. The van der Waals surface area contributed by atoms with Crippen LogP contribution in [0.25, 0.3) is 11.3 Å². The lowest BCUT2D eigenvalue weighted by Gasteiger charge is -2.38. The largest absolute Gasteiger partial charge is 0.433 e. The predicted octanol–water partition coefficient (Wildman–Crippen LogP) is 4.16. The van der Waals surface area contributed by atoms with E-state index in [2.05, 4.69) is 23.7 Å². The molecule has 0 amide bonds. The standard InChI is InChI=1S/C24H29F3N4O2S/c1-14(2)31-20(9-19(29-31)15-3-4-21(28-10-15)24(25,26)27)22-17-7-16(8-18(17)22)30-6-5-23(11-30)12-34(32,33)13-23/h3-4,9-10,14,16-18,22H,5-8,11-13H2,1-2H3/t16-,17-,18+,22+. The summed E-state index contributed by atoms with van der Waals surface area (Å²) in [5.74, 6) is 2.34. The Morgan fingerprint density at radius 1 is 1.15 bits per heavy atom. The number of alkyl halides is 3. The maximum atomic E-state index is 12.9.